The van der Waals surface area contributed by atoms with Crippen molar-refractivity contribution in [3.05, 3.63) is 28.2 Å². The zero-order valence-corrected chi connectivity index (χ0v) is 11.5. The van der Waals surface area contributed by atoms with E-state index in [0.717, 1.165) is 4.47 Å². The van der Waals surface area contributed by atoms with Gasteiger partial charge in [-0.2, -0.15) is 0 Å². The van der Waals surface area contributed by atoms with Gasteiger partial charge in [-0.15, -0.1) is 0 Å². The number of benzene rings is 1. The summed E-state index contributed by atoms with van der Waals surface area (Å²) in [6.45, 7) is 2.55. The molecule has 1 aromatic carbocycles. The van der Waals surface area contributed by atoms with Gasteiger partial charge in [0.05, 0.1) is 12.0 Å². The fraction of sp³-hybridized carbons (Fsp3) is 0.462. The van der Waals surface area contributed by atoms with Crippen molar-refractivity contribution in [2.75, 3.05) is 13.7 Å². The summed E-state index contributed by atoms with van der Waals surface area (Å²) in [7, 11) is 1.65. The van der Waals surface area contributed by atoms with E-state index in [4.69, 9.17) is 9.47 Å². The molecular weight excluding hydrogens is 284 g/mol. The van der Waals surface area contributed by atoms with Crippen molar-refractivity contribution in [3.63, 3.8) is 0 Å². The Labute approximate surface area is 109 Å². The summed E-state index contributed by atoms with van der Waals surface area (Å²) in [5.74, 6) is 0.800. The lowest BCUT2D eigenvalue weighted by molar-refractivity contribution is 0.0290. The molecule has 4 heteroatoms. The van der Waals surface area contributed by atoms with Crippen LogP contribution in [0.15, 0.2) is 22.7 Å². The van der Waals surface area contributed by atoms with E-state index < -0.39 is 5.60 Å². The fourth-order valence-electron chi connectivity index (χ4n) is 2.00. The maximum absolute atomic E-state index is 12.1. The van der Waals surface area contributed by atoms with Crippen molar-refractivity contribution in [2.24, 2.45) is 0 Å². The van der Waals surface area contributed by atoms with Crippen LogP contribution >= 0.6 is 15.9 Å². The highest BCUT2D eigenvalue weighted by Crippen LogP contribution is 2.36. The monoisotopic (exact) mass is 298 g/mol. The Bertz CT molecular complexity index is 444. The van der Waals surface area contributed by atoms with Crippen LogP contribution in [0.4, 0.5) is 0 Å². The Kier molecular flexibility index (Phi) is 3.54. The molecule has 2 rings (SSSR count). The molecule has 0 spiro atoms. The van der Waals surface area contributed by atoms with E-state index in [1.807, 2.05) is 25.1 Å². The quantitative estimate of drug-likeness (QED) is 0.859. The van der Waals surface area contributed by atoms with E-state index in [1.165, 1.54) is 0 Å². The third kappa shape index (κ3) is 2.69. The van der Waals surface area contributed by atoms with Gasteiger partial charge in [0.15, 0.2) is 5.78 Å². The van der Waals surface area contributed by atoms with Crippen LogP contribution in [0.2, 0.25) is 0 Å². The average Bonchev–Trinajstić information content (AvgIpc) is 2.28. The maximum atomic E-state index is 12.1. The van der Waals surface area contributed by atoms with Crippen LogP contribution in [0, 0.1) is 0 Å². The number of halogens is 1. The standard InChI is InChI=1S/C13H15BrO3/c1-13(5-6-16-2)8-11(15)10-7-9(14)3-4-12(10)17-13/h3-4,7H,5-6,8H2,1-2H3. The van der Waals surface area contributed by atoms with Crippen molar-refractivity contribution in [2.45, 2.75) is 25.4 Å². The summed E-state index contributed by atoms with van der Waals surface area (Å²) >= 11 is 3.36. The smallest absolute Gasteiger partial charge is 0.170 e. The maximum Gasteiger partial charge on any atom is 0.170 e. The number of methoxy groups -OCH3 is 1. The minimum atomic E-state index is -0.450. The zero-order valence-electron chi connectivity index (χ0n) is 9.96. The van der Waals surface area contributed by atoms with Crippen LogP contribution in [0.5, 0.6) is 5.75 Å². The predicted octanol–water partition coefficient (Wildman–Crippen LogP) is 3.21. The molecule has 17 heavy (non-hydrogen) atoms. The second kappa shape index (κ2) is 4.78. The second-order valence-electron chi connectivity index (χ2n) is 4.54. The molecule has 0 saturated carbocycles. The van der Waals surface area contributed by atoms with E-state index in [-0.39, 0.29) is 5.78 Å². The lowest BCUT2D eigenvalue weighted by atomic mass is 9.89. The summed E-state index contributed by atoms with van der Waals surface area (Å²) in [4.78, 5) is 12.1. The van der Waals surface area contributed by atoms with Crippen molar-refractivity contribution in [1.29, 1.82) is 0 Å². The summed E-state index contributed by atoms with van der Waals surface area (Å²) < 4.78 is 11.9. The van der Waals surface area contributed by atoms with E-state index in [9.17, 15) is 4.79 Å². The molecule has 1 atom stereocenters. The van der Waals surface area contributed by atoms with Crippen LogP contribution in [0.25, 0.3) is 0 Å². The molecule has 0 bridgehead atoms. The Morgan fingerprint density at radius 1 is 1.53 bits per heavy atom. The van der Waals surface area contributed by atoms with Gasteiger partial charge in [-0.25, -0.2) is 0 Å². The van der Waals surface area contributed by atoms with Crippen LogP contribution in [-0.2, 0) is 4.74 Å². The molecule has 92 valence electrons. The highest BCUT2D eigenvalue weighted by atomic mass is 79.9. The molecule has 0 aliphatic carbocycles. The van der Waals surface area contributed by atoms with Gasteiger partial charge in [0, 0.05) is 24.6 Å². The van der Waals surface area contributed by atoms with Gasteiger partial charge >= 0.3 is 0 Å². The van der Waals surface area contributed by atoms with Gasteiger partial charge in [-0.05, 0) is 25.1 Å². The lowest BCUT2D eigenvalue weighted by Crippen LogP contribution is -2.40. The number of ether oxygens (including phenoxy) is 2. The van der Waals surface area contributed by atoms with Gasteiger partial charge in [-0.3, -0.25) is 4.79 Å². The molecule has 1 aromatic rings. The molecule has 0 radical (unpaired) electrons. The number of carbonyl (C=O) groups is 1. The Morgan fingerprint density at radius 2 is 2.29 bits per heavy atom. The topological polar surface area (TPSA) is 35.5 Å². The third-order valence-corrected chi connectivity index (χ3v) is 3.46. The first kappa shape index (κ1) is 12.6. The second-order valence-corrected chi connectivity index (χ2v) is 5.45. The van der Waals surface area contributed by atoms with Crippen LogP contribution < -0.4 is 4.74 Å². The SMILES string of the molecule is COCCC1(C)CC(=O)c2cc(Br)ccc2O1. The van der Waals surface area contributed by atoms with Gasteiger partial charge in [0.25, 0.3) is 0 Å². The minimum Gasteiger partial charge on any atom is -0.486 e. The summed E-state index contributed by atoms with van der Waals surface area (Å²) in [6.07, 6.45) is 1.12. The molecule has 1 unspecified atom stereocenters. The largest absolute Gasteiger partial charge is 0.486 e. The first-order valence-electron chi connectivity index (χ1n) is 5.55. The van der Waals surface area contributed by atoms with Crippen LogP contribution in [0.3, 0.4) is 0 Å². The molecule has 1 heterocycles. The molecule has 3 nitrogen and oxygen atoms in total. The first-order chi connectivity index (χ1) is 8.04. The Hall–Kier alpha value is -0.870. The number of ketones is 1. The highest BCUT2D eigenvalue weighted by molar-refractivity contribution is 9.10. The lowest BCUT2D eigenvalue weighted by Gasteiger charge is -2.34. The van der Waals surface area contributed by atoms with Gasteiger partial charge in [-0.1, -0.05) is 15.9 Å². The average molecular weight is 299 g/mol. The van der Waals surface area contributed by atoms with E-state index in [1.54, 1.807) is 7.11 Å². The minimum absolute atomic E-state index is 0.131. The van der Waals surface area contributed by atoms with Gasteiger partial charge in [0.2, 0.25) is 0 Å². The number of rotatable bonds is 3. The fourth-order valence-corrected chi connectivity index (χ4v) is 2.36. The Morgan fingerprint density at radius 3 is 3.00 bits per heavy atom. The normalized spacial score (nSPS) is 23.1. The summed E-state index contributed by atoms with van der Waals surface area (Å²) in [5, 5.41) is 0. The molecule has 0 saturated heterocycles. The number of hydrogen-bond donors (Lipinski definition) is 0. The van der Waals surface area contributed by atoms with Crippen LogP contribution in [0.1, 0.15) is 30.1 Å². The molecule has 0 aromatic heterocycles. The molecular formula is C13H15BrO3. The number of hydrogen-bond acceptors (Lipinski definition) is 3. The van der Waals surface area contributed by atoms with Crippen molar-refractivity contribution in [3.8, 4) is 5.75 Å². The molecule has 0 fully saturated rings. The molecule has 1 aliphatic heterocycles. The first-order valence-corrected chi connectivity index (χ1v) is 6.34. The van der Waals surface area contributed by atoms with Crippen molar-refractivity contribution >= 4 is 21.7 Å². The third-order valence-electron chi connectivity index (χ3n) is 2.97. The number of carbonyl (C=O) groups excluding carboxylic acids is 1. The van der Waals surface area contributed by atoms with Gasteiger partial charge in [0.1, 0.15) is 11.4 Å². The Balaban J connectivity index is 2.27. The van der Waals surface area contributed by atoms with Gasteiger partial charge < -0.3 is 9.47 Å². The number of fused-ring (bicyclic) bond motifs is 1. The zero-order chi connectivity index (χ0) is 12.5. The molecule has 1 aliphatic rings. The molecule has 0 N–H and O–H groups in total. The highest BCUT2D eigenvalue weighted by Gasteiger charge is 2.36. The van der Waals surface area contributed by atoms with E-state index >= 15 is 0 Å². The van der Waals surface area contributed by atoms with E-state index in [0.29, 0.717) is 30.8 Å². The summed E-state index contributed by atoms with van der Waals surface area (Å²) in [6, 6.07) is 5.53. The predicted molar refractivity (Wildman–Crippen MR) is 68.6 cm³/mol. The molecule has 0 amide bonds. The van der Waals surface area contributed by atoms with Crippen molar-refractivity contribution in [1.82, 2.24) is 0 Å². The van der Waals surface area contributed by atoms with E-state index in [2.05, 4.69) is 15.9 Å². The number of Topliss-reactive ketones (excluding diaryl/α,β-unsaturated/α-hetero) is 1. The van der Waals surface area contributed by atoms with Crippen LogP contribution in [-0.4, -0.2) is 25.1 Å². The summed E-state index contributed by atoms with van der Waals surface area (Å²) in [5.41, 5.74) is 0.211. The van der Waals surface area contributed by atoms with Crippen molar-refractivity contribution < 1.29 is 14.3 Å².